The summed E-state index contributed by atoms with van der Waals surface area (Å²) in [4.78, 5) is 12.6. The van der Waals surface area contributed by atoms with Crippen LogP contribution >= 0.6 is 0 Å². The predicted octanol–water partition coefficient (Wildman–Crippen LogP) is 3.01. The van der Waals surface area contributed by atoms with Gasteiger partial charge in [0.2, 0.25) is 15.9 Å². The van der Waals surface area contributed by atoms with Crippen molar-refractivity contribution in [3.8, 4) is 5.75 Å². The van der Waals surface area contributed by atoms with Gasteiger partial charge in [0, 0.05) is 6.07 Å². The molecule has 6 nitrogen and oxygen atoms in total. The minimum absolute atomic E-state index is 0.141. The molecule has 158 valence electrons. The van der Waals surface area contributed by atoms with Gasteiger partial charge in [0.05, 0.1) is 18.0 Å². The van der Waals surface area contributed by atoms with Gasteiger partial charge < -0.3 is 10.1 Å². The summed E-state index contributed by atoms with van der Waals surface area (Å²) in [6.07, 6.45) is 0.891. The van der Waals surface area contributed by atoms with Crippen molar-refractivity contribution in [1.82, 2.24) is 5.32 Å². The van der Waals surface area contributed by atoms with Crippen LogP contribution in [0, 0.1) is 18.6 Å². The van der Waals surface area contributed by atoms with Crippen molar-refractivity contribution in [2.75, 3.05) is 17.2 Å². The van der Waals surface area contributed by atoms with Crippen molar-refractivity contribution < 1.29 is 26.7 Å². The highest BCUT2D eigenvalue weighted by Gasteiger charge is 2.30. The van der Waals surface area contributed by atoms with Crippen molar-refractivity contribution in [3.05, 3.63) is 59.7 Å². The number of nitrogens with zero attached hydrogens (tertiary/aromatic N) is 1. The summed E-state index contributed by atoms with van der Waals surface area (Å²) in [5.74, 6) is -2.27. The standard InChI is InChI=1S/C20H24F2N2O4S/c1-13-5-8-17(9-6-13)28-12-14(2)23-20(25)15(3)24(29(4,26)27)16-7-10-18(21)19(22)11-16/h5-11,14-15H,12H2,1-4H3,(H,23,25). The van der Waals surface area contributed by atoms with Crippen LogP contribution in [0.25, 0.3) is 0 Å². The Labute approximate surface area is 169 Å². The molecule has 0 aliphatic rings. The second kappa shape index (κ2) is 9.21. The van der Waals surface area contributed by atoms with Gasteiger partial charge >= 0.3 is 0 Å². The Hall–Kier alpha value is -2.68. The number of aryl methyl sites for hydroxylation is 1. The molecule has 2 atom stereocenters. The zero-order valence-electron chi connectivity index (χ0n) is 16.6. The third kappa shape index (κ3) is 6.15. The second-order valence-corrected chi connectivity index (χ2v) is 8.73. The van der Waals surface area contributed by atoms with Gasteiger partial charge in [0.15, 0.2) is 11.6 Å². The fourth-order valence-electron chi connectivity index (χ4n) is 2.69. The average Bonchev–Trinajstić information content (AvgIpc) is 2.63. The molecule has 0 fully saturated rings. The number of halogens is 2. The lowest BCUT2D eigenvalue weighted by molar-refractivity contribution is -0.122. The molecule has 0 aromatic heterocycles. The first-order valence-corrected chi connectivity index (χ1v) is 10.8. The third-order valence-electron chi connectivity index (χ3n) is 4.16. The van der Waals surface area contributed by atoms with E-state index in [2.05, 4.69) is 5.32 Å². The van der Waals surface area contributed by atoms with E-state index < -0.39 is 39.6 Å². The van der Waals surface area contributed by atoms with Crippen LogP contribution in [0.5, 0.6) is 5.75 Å². The van der Waals surface area contributed by atoms with E-state index in [1.54, 1.807) is 19.1 Å². The van der Waals surface area contributed by atoms with Crippen molar-refractivity contribution in [3.63, 3.8) is 0 Å². The average molecular weight is 426 g/mol. The van der Waals surface area contributed by atoms with Crippen LogP contribution in [0.3, 0.4) is 0 Å². The molecule has 2 aromatic rings. The van der Waals surface area contributed by atoms with Crippen LogP contribution in [-0.4, -0.2) is 39.3 Å². The van der Waals surface area contributed by atoms with Crippen LogP contribution in [-0.2, 0) is 14.8 Å². The maximum atomic E-state index is 13.6. The lowest BCUT2D eigenvalue weighted by Gasteiger charge is -2.29. The Morgan fingerprint density at radius 2 is 1.72 bits per heavy atom. The highest BCUT2D eigenvalue weighted by molar-refractivity contribution is 7.92. The monoisotopic (exact) mass is 426 g/mol. The largest absolute Gasteiger partial charge is 0.491 e. The summed E-state index contributed by atoms with van der Waals surface area (Å²) in [6, 6.07) is 8.46. The maximum absolute atomic E-state index is 13.6. The summed E-state index contributed by atoms with van der Waals surface area (Å²) < 4.78 is 57.5. The third-order valence-corrected chi connectivity index (χ3v) is 5.40. The molecule has 29 heavy (non-hydrogen) atoms. The van der Waals surface area contributed by atoms with Crippen molar-refractivity contribution in [2.45, 2.75) is 32.9 Å². The lowest BCUT2D eigenvalue weighted by atomic mass is 10.2. The number of sulfonamides is 1. The topological polar surface area (TPSA) is 75.7 Å². The van der Waals surface area contributed by atoms with Gasteiger partial charge in [-0.25, -0.2) is 17.2 Å². The molecule has 2 rings (SSSR count). The van der Waals surface area contributed by atoms with Crippen molar-refractivity contribution in [2.24, 2.45) is 0 Å². The second-order valence-electron chi connectivity index (χ2n) is 6.87. The molecule has 1 N–H and O–H groups in total. The highest BCUT2D eigenvalue weighted by atomic mass is 32.2. The van der Waals surface area contributed by atoms with E-state index in [0.29, 0.717) is 5.75 Å². The van der Waals surface area contributed by atoms with E-state index in [-0.39, 0.29) is 12.3 Å². The number of hydrogen-bond acceptors (Lipinski definition) is 4. The molecule has 0 aliphatic carbocycles. The molecular weight excluding hydrogens is 402 g/mol. The number of nitrogens with one attached hydrogen (secondary N) is 1. The fourth-order valence-corrected chi connectivity index (χ4v) is 3.86. The highest BCUT2D eigenvalue weighted by Crippen LogP contribution is 2.23. The fraction of sp³-hybridized carbons (Fsp3) is 0.350. The quantitative estimate of drug-likeness (QED) is 0.704. The Morgan fingerprint density at radius 1 is 1.10 bits per heavy atom. The number of rotatable bonds is 8. The van der Waals surface area contributed by atoms with Crippen LogP contribution < -0.4 is 14.4 Å². The molecule has 0 spiro atoms. The minimum atomic E-state index is -3.93. The Bertz CT molecular complexity index is 965. The van der Waals surface area contributed by atoms with Gasteiger partial charge in [-0.05, 0) is 45.0 Å². The van der Waals surface area contributed by atoms with Gasteiger partial charge in [0.1, 0.15) is 18.4 Å². The van der Waals surface area contributed by atoms with E-state index in [0.717, 1.165) is 34.3 Å². The number of amides is 1. The summed E-state index contributed by atoms with van der Waals surface area (Å²) >= 11 is 0. The van der Waals surface area contributed by atoms with Gasteiger partial charge in [0.25, 0.3) is 0 Å². The van der Waals surface area contributed by atoms with Crippen LogP contribution in [0.4, 0.5) is 14.5 Å². The predicted molar refractivity (Wildman–Crippen MR) is 107 cm³/mol. The van der Waals surface area contributed by atoms with Crippen molar-refractivity contribution >= 4 is 21.6 Å². The maximum Gasteiger partial charge on any atom is 0.243 e. The Balaban J connectivity index is 2.08. The number of carbonyl (C=O) groups excluding carboxylic acids is 1. The first-order chi connectivity index (χ1) is 13.5. The zero-order valence-corrected chi connectivity index (χ0v) is 17.5. The lowest BCUT2D eigenvalue weighted by Crippen LogP contribution is -2.50. The van der Waals surface area contributed by atoms with Crippen molar-refractivity contribution in [1.29, 1.82) is 0 Å². The SMILES string of the molecule is Cc1ccc(OCC(C)NC(=O)C(C)N(c2ccc(F)c(F)c2)S(C)(=O)=O)cc1. The van der Waals surface area contributed by atoms with Gasteiger partial charge in [-0.3, -0.25) is 9.10 Å². The van der Waals surface area contributed by atoms with E-state index in [1.165, 1.54) is 6.92 Å². The molecular formula is C20H24F2N2O4S. The summed E-state index contributed by atoms with van der Waals surface area (Å²) in [6.45, 7) is 5.20. The molecule has 0 heterocycles. The normalized spacial score (nSPS) is 13.4. The number of benzene rings is 2. The summed E-state index contributed by atoms with van der Waals surface area (Å²) in [5, 5.41) is 2.67. The van der Waals surface area contributed by atoms with Gasteiger partial charge in [-0.1, -0.05) is 17.7 Å². The number of carbonyl (C=O) groups is 1. The molecule has 0 radical (unpaired) electrons. The van der Waals surface area contributed by atoms with Crippen LogP contribution in [0.1, 0.15) is 19.4 Å². The first-order valence-electron chi connectivity index (χ1n) is 8.93. The number of anilines is 1. The molecule has 1 amide bonds. The van der Waals surface area contributed by atoms with E-state index >= 15 is 0 Å². The molecule has 2 unspecified atom stereocenters. The number of hydrogen-bond donors (Lipinski definition) is 1. The molecule has 0 aliphatic heterocycles. The summed E-state index contributed by atoms with van der Waals surface area (Å²) in [7, 11) is -3.93. The Kier molecular flexibility index (Phi) is 7.18. The minimum Gasteiger partial charge on any atom is -0.491 e. The molecule has 2 aromatic carbocycles. The van der Waals surface area contributed by atoms with E-state index in [4.69, 9.17) is 4.74 Å². The Morgan fingerprint density at radius 3 is 2.28 bits per heavy atom. The van der Waals surface area contributed by atoms with Crippen LogP contribution in [0.2, 0.25) is 0 Å². The van der Waals surface area contributed by atoms with Gasteiger partial charge in [-0.2, -0.15) is 0 Å². The molecule has 9 heteroatoms. The molecule has 0 bridgehead atoms. The van der Waals surface area contributed by atoms with Gasteiger partial charge in [-0.15, -0.1) is 0 Å². The zero-order chi connectivity index (χ0) is 21.8. The van der Waals surface area contributed by atoms with E-state index in [1.807, 2.05) is 19.1 Å². The smallest absolute Gasteiger partial charge is 0.243 e. The molecule has 0 saturated heterocycles. The van der Waals surface area contributed by atoms with E-state index in [9.17, 15) is 22.0 Å². The molecule has 0 saturated carbocycles. The van der Waals surface area contributed by atoms with Crippen LogP contribution in [0.15, 0.2) is 42.5 Å². The number of ether oxygens (including phenoxy) is 1. The first kappa shape index (κ1) is 22.6. The summed E-state index contributed by atoms with van der Waals surface area (Å²) in [5.41, 5.74) is 0.947.